The van der Waals surface area contributed by atoms with Crippen molar-refractivity contribution in [3.8, 4) is 0 Å². The summed E-state index contributed by atoms with van der Waals surface area (Å²) in [6.45, 7) is 3.99. The Morgan fingerprint density at radius 2 is 2.14 bits per heavy atom. The summed E-state index contributed by atoms with van der Waals surface area (Å²) in [5, 5.41) is 0.573. The van der Waals surface area contributed by atoms with Gasteiger partial charge >= 0.3 is 0 Å². The molecule has 1 aromatic carbocycles. The fourth-order valence-electron chi connectivity index (χ4n) is 1.11. The third-order valence-electron chi connectivity index (χ3n) is 2.21. The highest BCUT2D eigenvalue weighted by Gasteiger charge is 2.26. The van der Waals surface area contributed by atoms with Gasteiger partial charge in [0.05, 0.1) is 0 Å². The van der Waals surface area contributed by atoms with Crippen LogP contribution in [-0.4, -0.2) is 12.3 Å². The van der Waals surface area contributed by atoms with Gasteiger partial charge in [-0.3, -0.25) is 4.79 Å². The Morgan fingerprint density at radius 3 is 2.64 bits per heavy atom. The molecule has 1 rings (SSSR count). The normalized spacial score (nSPS) is 11.4. The van der Waals surface area contributed by atoms with Crippen LogP contribution in [0.25, 0.3) is 0 Å². The molecule has 2 N–H and O–H groups in total. The van der Waals surface area contributed by atoms with Gasteiger partial charge in [-0.15, -0.1) is 0 Å². The molecule has 2 nitrogen and oxygen atoms in total. The first-order valence-electron chi connectivity index (χ1n) is 4.48. The molecular formula is C11H14ClNO. The average molecular weight is 212 g/mol. The Bertz CT molecular complexity index is 347. The highest BCUT2D eigenvalue weighted by Crippen LogP contribution is 2.22. The standard InChI is InChI=1S/C11H14ClNO/c1-11(2,7-13)10(14)8-4-3-5-9(12)6-8/h3-6H,7,13H2,1-2H3. The van der Waals surface area contributed by atoms with Crippen molar-refractivity contribution < 1.29 is 4.79 Å². The number of carbonyl (C=O) groups excluding carboxylic acids is 1. The topological polar surface area (TPSA) is 43.1 Å². The summed E-state index contributed by atoms with van der Waals surface area (Å²) in [6, 6.07) is 6.93. The minimum absolute atomic E-state index is 0.0301. The minimum atomic E-state index is -0.523. The Balaban J connectivity index is 3.01. The van der Waals surface area contributed by atoms with Crippen molar-refractivity contribution >= 4 is 17.4 Å². The maximum Gasteiger partial charge on any atom is 0.169 e. The van der Waals surface area contributed by atoms with Gasteiger partial charge in [0.15, 0.2) is 5.78 Å². The lowest BCUT2D eigenvalue weighted by Gasteiger charge is -2.20. The summed E-state index contributed by atoms with van der Waals surface area (Å²) in [7, 11) is 0. The van der Waals surface area contributed by atoms with E-state index in [2.05, 4.69) is 0 Å². The van der Waals surface area contributed by atoms with Gasteiger partial charge < -0.3 is 5.73 Å². The maximum absolute atomic E-state index is 11.9. The Kier molecular flexibility index (Phi) is 3.29. The second kappa shape index (κ2) is 4.11. The molecule has 0 spiro atoms. The molecular weight excluding hydrogens is 198 g/mol. The maximum atomic E-state index is 11.9. The van der Waals surface area contributed by atoms with Gasteiger partial charge in [-0.05, 0) is 12.1 Å². The van der Waals surface area contributed by atoms with Crippen LogP contribution in [0.4, 0.5) is 0 Å². The lowest BCUT2D eigenvalue weighted by Crippen LogP contribution is -2.32. The molecule has 0 saturated carbocycles. The number of hydrogen-bond acceptors (Lipinski definition) is 2. The van der Waals surface area contributed by atoms with Crippen LogP contribution in [0.2, 0.25) is 5.02 Å². The molecule has 0 bridgehead atoms. The second-order valence-electron chi connectivity index (χ2n) is 3.93. The quantitative estimate of drug-likeness (QED) is 0.781. The van der Waals surface area contributed by atoms with E-state index in [1.807, 2.05) is 13.8 Å². The predicted molar refractivity (Wildman–Crippen MR) is 58.6 cm³/mol. The molecule has 0 unspecified atom stereocenters. The van der Waals surface area contributed by atoms with E-state index in [4.69, 9.17) is 17.3 Å². The molecule has 0 amide bonds. The summed E-state index contributed by atoms with van der Waals surface area (Å²) in [5.74, 6) is 0.0301. The molecule has 1 aromatic rings. The lowest BCUT2D eigenvalue weighted by molar-refractivity contribution is 0.0847. The highest BCUT2D eigenvalue weighted by molar-refractivity contribution is 6.31. The van der Waals surface area contributed by atoms with Crippen LogP contribution in [0.3, 0.4) is 0 Å². The van der Waals surface area contributed by atoms with Gasteiger partial charge in [0.2, 0.25) is 0 Å². The van der Waals surface area contributed by atoms with E-state index < -0.39 is 5.41 Å². The van der Waals surface area contributed by atoms with E-state index in [0.717, 1.165) is 0 Å². The van der Waals surface area contributed by atoms with Crippen molar-refractivity contribution in [1.82, 2.24) is 0 Å². The Hall–Kier alpha value is -0.860. The van der Waals surface area contributed by atoms with Gasteiger partial charge in [-0.2, -0.15) is 0 Å². The van der Waals surface area contributed by atoms with E-state index in [0.29, 0.717) is 17.1 Å². The van der Waals surface area contributed by atoms with Gasteiger partial charge in [0.1, 0.15) is 0 Å². The summed E-state index contributed by atoms with van der Waals surface area (Å²) in [4.78, 5) is 11.9. The fraction of sp³-hybridized carbons (Fsp3) is 0.364. The van der Waals surface area contributed by atoms with Crippen LogP contribution in [-0.2, 0) is 0 Å². The fourth-order valence-corrected chi connectivity index (χ4v) is 1.30. The van der Waals surface area contributed by atoms with Gasteiger partial charge in [0, 0.05) is 22.5 Å². The van der Waals surface area contributed by atoms with Crippen molar-refractivity contribution in [2.24, 2.45) is 11.1 Å². The summed E-state index contributed by atoms with van der Waals surface area (Å²) in [5.41, 5.74) is 5.62. The first kappa shape index (κ1) is 11.2. The lowest BCUT2D eigenvalue weighted by atomic mass is 9.84. The molecule has 0 aliphatic rings. The predicted octanol–water partition coefficient (Wildman–Crippen LogP) is 2.51. The van der Waals surface area contributed by atoms with Gasteiger partial charge in [-0.1, -0.05) is 37.6 Å². The van der Waals surface area contributed by atoms with E-state index in [1.165, 1.54) is 0 Å². The van der Waals surface area contributed by atoms with E-state index in [9.17, 15) is 4.79 Å². The smallest absolute Gasteiger partial charge is 0.169 e. The number of ketones is 1. The van der Waals surface area contributed by atoms with Crippen molar-refractivity contribution in [3.05, 3.63) is 34.9 Å². The number of hydrogen-bond donors (Lipinski definition) is 1. The first-order chi connectivity index (χ1) is 6.47. The molecule has 0 heterocycles. The van der Waals surface area contributed by atoms with Crippen molar-refractivity contribution in [1.29, 1.82) is 0 Å². The molecule has 0 saturated heterocycles. The minimum Gasteiger partial charge on any atom is -0.329 e. The van der Waals surface area contributed by atoms with Crippen LogP contribution in [0.15, 0.2) is 24.3 Å². The second-order valence-corrected chi connectivity index (χ2v) is 4.36. The molecule has 76 valence electrons. The van der Waals surface area contributed by atoms with Crippen molar-refractivity contribution in [2.45, 2.75) is 13.8 Å². The summed E-state index contributed by atoms with van der Waals surface area (Å²) in [6.07, 6.45) is 0. The summed E-state index contributed by atoms with van der Waals surface area (Å²) < 4.78 is 0. The van der Waals surface area contributed by atoms with E-state index >= 15 is 0 Å². The molecule has 14 heavy (non-hydrogen) atoms. The SMILES string of the molecule is CC(C)(CN)C(=O)c1cccc(Cl)c1. The Labute approximate surface area is 89.1 Å². The van der Waals surface area contributed by atoms with Gasteiger partial charge in [0.25, 0.3) is 0 Å². The van der Waals surface area contributed by atoms with Crippen molar-refractivity contribution in [2.75, 3.05) is 6.54 Å². The number of nitrogens with two attached hydrogens (primary N) is 1. The molecule has 0 atom stereocenters. The van der Waals surface area contributed by atoms with Crippen molar-refractivity contribution in [3.63, 3.8) is 0 Å². The summed E-state index contributed by atoms with van der Waals surface area (Å²) >= 11 is 5.80. The number of benzene rings is 1. The number of halogens is 1. The molecule has 0 aliphatic carbocycles. The molecule has 0 aliphatic heterocycles. The van der Waals surface area contributed by atoms with Crippen LogP contribution < -0.4 is 5.73 Å². The monoisotopic (exact) mass is 211 g/mol. The zero-order chi connectivity index (χ0) is 10.8. The first-order valence-corrected chi connectivity index (χ1v) is 4.85. The largest absolute Gasteiger partial charge is 0.329 e. The van der Waals surface area contributed by atoms with Crippen LogP contribution >= 0.6 is 11.6 Å². The van der Waals surface area contributed by atoms with E-state index in [-0.39, 0.29) is 5.78 Å². The zero-order valence-corrected chi connectivity index (χ0v) is 9.14. The van der Waals surface area contributed by atoms with Crippen LogP contribution in [0.1, 0.15) is 24.2 Å². The third kappa shape index (κ3) is 2.34. The van der Waals surface area contributed by atoms with Gasteiger partial charge in [-0.25, -0.2) is 0 Å². The molecule has 0 radical (unpaired) electrons. The molecule has 0 aromatic heterocycles. The van der Waals surface area contributed by atoms with Crippen LogP contribution in [0, 0.1) is 5.41 Å². The highest BCUT2D eigenvalue weighted by atomic mass is 35.5. The Morgan fingerprint density at radius 1 is 1.50 bits per heavy atom. The van der Waals surface area contributed by atoms with Crippen LogP contribution in [0.5, 0.6) is 0 Å². The molecule has 0 fully saturated rings. The zero-order valence-electron chi connectivity index (χ0n) is 8.38. The number of rotatable bonds is 3. The third-order valence-corrected chi connectivity index (χ3v) is 2.45. The average Bonchev–Trinajstić information content (AvgIpc) is 2.16. The number of Topliss-reactive ketones (excluding diaryl/α,β-unsaturated/α-hetero) is 1. The van der Waals surface area contributed by atoms with E-state index in [1.54, 1.807) is 24.3 Å². The molecule has 3 heteroatoms. The number of carbonyl (C=O) groups is 1.